The predicted octanol–water partition coefficient (Wildman–Crippen LogP) is 5.93. The zero-order chi connectivity index (χ0) is 25.4. The van der Waals surface area contributed by atoms with Crippen molar-refractivity contribution in [2.75, 3.05) is 25.3 Å². The highest BCUT2D eigenvalue weighted by Gasteiger charge is 2.25. The van der Waals surface area contributed by atoms with Crippen LogP contribution < -0.4 is 14.8 Å². The van der Waals surface area contributed by atoms with Gasteiger partial charge in [-0.1, -0.05) is 48.2 Å². The first-order valence-corrected chi connectivity index (χ1v) is 13.4. The molecule has 10 heteroatoms. The van der Waals surface area contributed by atoms with Gasteiger partial charge in [0.25, 0.3) is 0 Å². The molecule has 0 atom stereocenters. The van der Waals surface area contributed by atoms with E-state index in [1.54, 1.807) is 14.2 Å². The van der Waals surface area contributed by atoms with Crippen molar-refractivity contribution in [1.29, 1.82) is 0 Å². The molecule has 0 bridgehead atoms. The van der Waals surface area contributed by atoms with Crippen molar-refractivity contribution in [2.24, 2.45) is 0 Å². The highest BCUT2D eigenvalue weighted by Crippen LogP contribution is 2.45. The van der Waals surface area contributed by atoms with Crippen LogP contribution in [0.1, 0.15) is 6.42 Å². The molecule has 1 aliphatic carbocycles. The van der Waals surface area contributed by atoms with Crippen LogP contribution in [0.15, 0.2) is 65.1 Å². The van der Waals surface area contributed by atoms with Gasteiger partial charge in [0.05, 0.1) is 19.9 Å². The van der Waals surface area contributed by atoms with Crippen molar-refractivity contribution in [3.05, 3.63) is 60.0 Å². The Bertz CT molecular complexity index is 1650. The zero-order valence-corrected chi connectivity index (χ0v) is 21.7. The second-order valence-electron chi connectivity index (χ2n) is 8.26. The minimum Gasteiger partial charge on any atom is -0.493 e. The van der Waals surface area contributed by atoms with Gasteiger partial charge in [-0.3, -0.25) is 4.79 Å². The molecule has 1 amide bonds. The van der Waals surface area contributed by atoms with Gasteiger partial charge in [0, 0.05) is 39.6 Å². The third-order valence-electron chi connectivity index (χ3n) is 6.07. The van der Waals surface area contributed by atoms with Crippen LogP contribution >= 0.6 is 23.1 Å². The smallest absolute Gasteiger partial charge is 0.226 e. The molecule has 1 N–H and O–H groups in total. The number of amides is 1. The largest absolute Gasteiger partial charge is 0.493 e. The van der Waals surface area contributed by atoms with Gasteiger partial charge in [-0.15, -0.1) is 21.5 Å². The van der Waals surface area contributed by atoms with Crippen molar-refractivity contribution in [3.8, 4) is 45.3 Å². The van der Waals surface area contributed by atoms with Crippen LogP contribution in [0.25, 0.3) is 44.5 Å². The monoisotopic (exact) mass is 527 g/mol. The van der Waals surface area contributed by atoms with Gasteiger partial charge >= 0.3 is 0 Å². The van der Waals surface area contributed by atoms with Crippen molar-refractivity contribution in [1.82, 2.24) is 20.2 Å². The summed E-state index contributed by atoms with van der Waals surface area (Å²) in [6.07, 6.45) is 0.298. The molecule has 0 saturated heterocycles. The molecule has 8 nitrogen and oxygen atoms in total. The maximum absolute atomic E-state index is 12.5. The topological polar surface area (TPSA) is 99.1 Å². The summed E-state index contributed by atoms with van der Waals surface area (Å²) in [5.41, 5.74) is 5.43. The van der Waals surface area contributed by atoms with E-state index in [2.05, 4.69) is 44.8 Å². The second kappa shape index (κ2) is 9.79. The number of carbonyl (C=O) groups is 1. The Morgan fingerprint density at radius 3 is 2.51 bits per heavy atom. The minimum atomic E-state index is -0.119. The summed E-state index contributed by atoms with van der Waals surface area (Å²) in [7, 11) is 3.19. The minimum absolute atomic E-state index is 0.119. The van der Waals surface area contributed by atoms with E-state index < -0.39 is 0 Å². The van der Waals surface area contributed by atoms with Gasteiger partial charge in [0.1, 0.15) is 11.4 Å². The summed E-state index contributed by atoms with van der Waals surface area (Å²) in [6, 6.07) is 18.0. The van der Waals surface area contributed by atoms with E-state index in [0.717, 1.165) is 39.2 Å². The molecule has 2 aromatic heterocycles. The van der Waals surface area contributed by atoms with Gasteiger partial charge in [-0.25, -0.2) is 9.97 Å². The summed E-state index contributed by atoms with van der Waals surface area (Å²) < 4.78 is 10.7. The summed E-state index contributed by atoms with van der Waals surface area (Å²) >= 11 is 2.79. The van der Waals surface area contributed by atoms with Crippen LogP contribution in [0, 0.1) is 0 Å². The fourth-order valence-corrected chi connectivity index (χ4v) is 5.81. The zero-order valence-electron chi connectivity index (χ0n) is 20.0. The van der Waals surface area contributed by atoms with Crippen LogP contribution in [0.4, 0.5) is 5.13 Å². The number of fused-ring (bicyclic) bond motifs is 3. The molecule has 5 aromatic rings. The number of benzene rings is 3. The average molecular weight is 528 g/mol. The van der Waals surface area contributed by atoms with Crippen molar-refractivity contribution < 1.29 is 14.3 Å². The quantitative estimate of drug-likeness (QED) is 0.243. The van der Waals surface area contributed by atoms with E-state index in [-0.39, 0.29) is 5.91 Å². The normalized spacial score (nSPS) is 11.4. The van der Waals surface area contributed by atoms with E-state index >= 15 is 0 Å². The Morgan fingerprint density at radius 1 is 0.946 bits per heavy atom. The molecule has 6 rings (SSSR count). The molecule has 0 fully saturated rings. The van der Waals surface area contributed by atoms with Gasteiger partial charge in [-0.2, -0.15) is 0 Å². The molecule has 0 aliphatic heterocycles. The number of ether oxygens (including phenoxy) is 2. The number of thiazole rings is 1. The lowest BCUT2D eigenvalue weighted by atomic mass is 10.0. The number of carbonyl (C=O) groups excluding carboxylic acids is 1. The molecule has 3 aromatic carbocycles. The first-order valence-electron chi connectivity index (χ1n) is 11.5. The average Bonchev–Trinajstić information content (AvgIpc) is 3.52. The number of methoxy groups -OCH3 is 2. The maximum Gasteiger partial charge on any atom is 0.226 e. The van der Waals surface area contributed by atoms with E-state index in [9.17, 15) is 4.79 Å². The fraction of sp³-hybridized carbons (Fsp3) is 0.148. The number of rotatable bonds is 8. The van der Waals surface area contributed by atoms with Crippen LogP contribution in [-0.4, -0.2) is 46.0 Å². The SMILES string of the molecule is COc1ccc(-c2csc(NC(=O)CCSc3nnc4c(n3)-c3cccc5cccc-4c35)n2)cc1OC. The van der Waals surface area contributed by atoms with E-state index in [1.807, 2.05) is 35.7 Å². The number of hydrogen-bond donors (Lipinski definition) is 1. The van der Waals surface area contributed by atoms with Gasteiger partial charge in [-0.05, 0) is 23.6 Å². The van der Waals surface area contributed by atoms with Crippen molar-refractivity contribution in [3.63, 3.8) is 0 Å². The van der Waals surface area contributed by atoms with Gasteiger partial charge < -0.3 is 14.8 Å². The Hall–Kier alpha value is -4.02. The molecular weight excluding hydrogens is 506 g/mol. The first-order chi connectivity index (χ1) is 18.1. The summed E-state index contributed by atoms with van der Waals surface area (Å²) in [5.74, 6) is 1.68. The van der Waals surface area contributed by atoms with Crippen molar-refractivity contribution in [2.45, 2.75) is 11.6 Å². The number of anilines is 1. The number of nitrogens with one attached hydrogen (secondary N) is 1. The van der Waals surface area contributed by atoms with Gasteiger partial charge in [0.15, 0.2) is 16.6 Å². The number of hydrogen-bond acceptors (Lipinski definition) is 9. The van der Waals surface area contributed by atoms with E-state index in [0.29, 0.717) is 34.0 Å². The lowest BCUT2D eigenvalue weighted by Crippen LogP contribution is -2.12. The lowest BCUT2D eigenvalue weighted by molar-refractivity contribution is -0.115. The van der Waals surface area contributed by atoms with Crippen LogP contribution in [0.3, 0.4) is 0 Å². The summed E-state index contributed by atoms with van der Waals surface area (Å²) in [5, 5.41) is 17.0. The number of aromatic nitrogens is 4. The first kappa shape index (κ1) is 23.4. The van der Waals surface area contributed by atoms with Gasteiger partial charge in [0.2, 0.25) is 11.1 Å². The molecule has 37 heavy (non-hydrogen) atoms. The number of nitrogens with zero attached hydrogens (tertiary/aromatic N) is 4. The highest BCUT2D eigenvalue weighted by molar-refractivity contribution is 7.99. The molecule has 2 heterocycles. The molecule has 1 aliphatic rings. The molecule has 0 radical (unpaired) electrons. The number of thioether (sulfide) groups is 1. The third kappa shape index (κ3) is 4.38. The Morgan fingerprint density at radius 2 is 1.73 bits per heavy atom. The molecule has 0 spiro atoms. The Balaban J connectivity index is 1.08. The standard InChI is InChI=1S/C27H21N5O3S2/c1-34-20-10-9-16(13-21(20)35-2)19-14-37-26(28-19)29-22(33)11-12-36-27-30-24-17-7-3-5-15-6-4-8-18(23(15)17)25(24)31-32-27/h3-10,13-14H,11-12H2,1-2H3,(H,28,29,33). The molecule has 0 unspecified atom stereocenters. The maximum atomic E-state index is 12.5. The summed E-state index contributed by atoms with van der Waals surface area (Å²) in [6.45, 7) is 0. The van der Waals surface area contributed by atoms with Crippen LogP contribution in [0.5, 0.6) is 11.5 Å². The van der Waals surface area contributed by atoms with E-state index in [1.165, 1.54) is 28.5 Å². The Kier molecular flexibility index (Phi) is 6.19. The Labute approximate surface area is 221 Å². The molecule has 184 valence electrons. The predicted molar refractivity (Wildman–Crippen MR) is 146 cm³/mol. The van der Waals surface area contributed by atoms with Crippen molar-refractivity contribution >= 4 is 44.9 Å². The fourth-order valence-electron chi connectivity index (χ4n) is 4.35. The van der Waals surface area contributed by atoms with Crippen LogP contribution in [0.2, 0.25) is 0 Å². The summed E-state index contributed by atoms with van der Waals surface area (Å²) in [4.78, 5) is 21.9. The molecule has 0 saturated carbocycles. The van der Waals surface area contributed by atoms with E-state index in [4.69, 9.17) is 14.5 Å². The van der Waals surface area contributed by atoms with Crippen LogP contribution in [-0.2, 0) is 4.79 Å². The lowest BCUT2D eigenvalue weighted by Gasteiger charge is -2.08. The highest BCUT2D eigenvalue weighted by atomic mass is 32.2. The molecular formula is C27H21N5O3S2. The second-order valence-corrected chi connectivity index (χ2v) is 10.2. The third-order valence-corrected chi connectivity index (χ3v) is 7.67.